The van der Waals surface area contributed by atoms with Crippen molar-refractivity contribution in [3.63, 3.8) is 0 Å². The van der Waals surface area contributed by atoms with Gasteiger partial charge < -0.3 is 14.9 Å². The third kappa shape index (κ3) is 3.89. The van der Waals surface area contributed by atoms with E-state index in [1.54, 1.807) is 4.90 Å². The second-order valence-electron chi connectivity index (χ2n) is 5.48. The SMILES string of the molecule is CCN(CC1CC1)C(=O)N(CC(=O)O)CC1CC1. The molecule has 0 aromatic rings. The molecule has 2 saturated carbocycles. The van der Waals surface area contributed by atoms with E-state index < -0.39 is 5.97 Å². The van der Waals surface area contributed by atoms with Crippen LogP contribution in [0.3, 0.4) is 0 Å². The molecule has 2 rings (SSSR count). The van der Waals surface area contributed by atoms with Crippen molar-refractivity contribution in [3.05, 3.63) is 0 Å². The first-order valence-electron chi connectivity index (χ1n) is 6.85. The Bertz CT molecular complexity index is 324. The van der Waals surface area contributed by atoms with E-state index >= 15 is 0 Å². The number of hydrogen-bond acceptors (Lipinski definition) is 2. The molecule has 1 N–H and O–H groups in total. The Kier molecular flexibility index (Phi) is 4.09. The molecular weight excluding hydrogens is 232 g/mol. The molecule has 0 spiro atoms. The van der Waals surface area contributed by atoms with Crippen LogP contribution in [0, 0.1) is 11.8 Å². The summed E-state index contributed by atoms with van der Waals surface area (Å²) in [5.74, 6) is 0.237. The summed E-state index contributed by atoms with van der Waals surface area (Å²) in [7, 11) is 0. The zero-order valence-electron chi connectivity index (χ0n) is 11.0. The second kappa shape index (κ2) is 5.59. The van der Waals surface area contributed by atoms with Crippen LogP contribution in [0.2, 0.25) is 0 Å². The first-order chi connectivity index (χ1) is 8.60. The molecule has 0 heterocycles. The van der Waals surface area contributed by atoms with Crippen LogP contribution in [0.4, 0.5) is 4.79 Å². The molecular formula is C13H22N2O3. The van der Waals surface area contributed by atoms with Crippen molar-refractivity contribution in [1.82, 2.24) is 9.80 Å². The van der Waals surface area contributed by atoms with Crippen molar-refractivity contribution in [2.24, 2.45) is 11.8 Å². The minimum Gasteiger partial charge on any atom is -0.480 e. The molecule has 0 atom stereocenters. The third-order valence-electron chi connectivity index (χ3n) is 3.60. The quantitative estimate of drug-likeness (QED) is 0.751. The van der Waals surface area contributed by atoms with Gasteiger partial charge >= 0.3 is 12.0 Å². The van der Waals surface area contributed by atoms with Gasteiger partial charge in [0.1, 0.15) is 6.54 Å². The third-order valence-corrected chi connectivity index (χ3v) is 3.60. The fraction of sp³-hybridized carbons (Fsp3) is 0.846. The van der Waals surface area contributed by atoms with E-state index in [2.05, 4.69) is 0 Å². The predicted molar refractivity (Wildman–Crippen MR) is 67.3 cm³/mol. The van der Waals surface area contributed by atoms with E-state index in [4.69, 9.17) is 5.11 Å². The lowest BCUT2D eigenvalue weighted by Crippen LogP contribution is -2.46. The van der Waals surface area contributed by atoms with Crippen LogP contribution in [0.5, 0.6) is 0 Å². The molecule has 0 aromatic heterocycles. The van der Waals surface area contributed by atoms with Gasteiger partial charge in [-0.05, 0) is 44.4 Å². The molecule has 2 fully saturated rings. The normalized spacial score (nSPS) is 18.5. The molecule has 102 valence electrons. The molecule has 0 radical (unpaired) electrons. The van der Waals surface area contributed by atoms with Gasteiger partial charge in [0, 0.05) is 19.6 Å². The predicted octanol–water partition coefficient (Wildman–Crippen LogP) is 1.63. The molecule has 2 amide bonds. The standard InChI is InChI=1S/C13H22N2O3/c1-2-14(7-10-3-4-10)13(18)15(9-12(16)17)8-11-5-6-11/h10-11H,2-9H2,1H3,(H,16,17). The Morgan fingerprint density at radius 3 is 1.94 bits per heavy atom. The Labute approximate surface area is 108 Å². The molecule has 0 unspecified atom stereocenters. The van der Waals surface area contributed by atoms with Gasteiger partial charge in [-0.25, -0.2) is 4.79 Å². The van der Waals surface area contributed by atoms with Gasteiger partial charge in [-0.15, -0.1) is 0 Å². The molecule has 0 bridgehead atoms. The molecule has 2 aliphatic carbocycles. The summed E-state index contributed by atoms with van der Waals surface area (Å²) >= 11 is 0. The van der Waals surface area contributed by atoms with Crippen molar-refractivity contribution in [2.45, 2.75) is 32.6 Å². The largest absolute Gasteiger partial charge is 0.480 e. The van der Waals surface area contributed by atoms with Crippen LogP contribution in [0.15, 0.2) is 0 Å². The van der Waals surface area contributed by atoms with Crippen molar-refractivity contribution >= 4 is 12.0 Å². The summed E-state index contributed by atoms with van der Waals surface area (Å²) in [4.78, 5) is 26.5. The molecule has 5 nitrogen and oxygen atoms in total. The Hall–Kier alpha value is -1.26. The summed E-state index contributed by atoms with van der Waals surface area (Å²) in [5, 5.41) is 8.90. The summed E-state index contributed by atoms with van der Waals surface area (Å²) in [5.41, 5.74) is 0. The average Bonchev–Trinajstić information content (AvgIpc) is 3.18. The minimum atomic E-state index is -0.925. The van der Waals surface area contributed by atoms with Crippen LogP contribution in [0.1, 0.15) is 32.6 Å². The molecule has 18 heavy (non-hydrogen) atoms. The number of carboxylic acids is 1. The highest BCUT2D eigenvalue weighted by molar-refractivity contribution is 5.80. The van der Waals surface area contributed by atoms with E-state index in [1.165, 1.54) is 17.7 Å². The minimum absolute atomic E-state index is 0.0984. The highest BCUT2D eigenvalue weighted by Gasteiger charge is 2.32. The first-order valence-corrected chi connectivity index (χ1v) is 6.85. The van der Waals surface area contributed by atoms with Crippen LogP contribution >= 0.6 is 0 Å². The van der Waals surface area contributed by atoms with Crippen molar-refractivity contribution < 1.29 is 14.7 Å². The Balaban J connectivity index is 1.91. The molecule has 0 aromatic carbocycles. The molecule has 2 aliphatic rings. The van der Waals surface area contributed by atoms with Crippen molar-refractivity contribution in [1.29, 1.82) is 0 Å². The number of amides is 2. The number of urea groups is 1. The topological polar surface area (TPSA) is 60.9 Å². The monoisotopic (exact) mass is 254 g/mol. The van der Waals surface area contributed by atoms with Crippen LogP contribution < -0.4 is 0 Å². The van der Waals surface area contributed by atoms with Crippen molar-refractivity contribution in [2.75, 3.05) is 26.2 Å². The average molecular weight is 254 g/mol. The van der Waals surface area contributed by atoms with Gasteiger partial charge in [-0.3, -0.25) is 4.79 Å². The van der Waals surface area contributed by atoms with Gasteiger partial charge in [0.25, 0.3) is 0 Å². The van der Waals surface area contributed by atoms with Gasteiger partial charge in [0.15, 0.2) is 0 Å². The number of aliphatic carboxylic acids is 1. The Morgan fingerprint density at radius 2 is 1.56 bits per heavy atom. The maximum Gasteiger partial charge on any atom is 0.323 e. The van der Waals surface area contributed by atoms with Crippen LogP contribution in [-0.4, -0.2) is 53.1 Å². The summed E-state index contributed by atoms with van der Waals surface area (Å²) in [6.45, 7) is 3.84. The van der Waals surface area contributed by atoms with E-state index in [0.29, 0.717) is 24.9 Å². The first kappa shape index (κ1) is 13.2. The number of carbonyl (C=O) groups excluding carboxylic acids is 1. The maximum atomic E-state index is 12.3. The highest BCUT2D eigenvalue weighted by Crippen LogP contribution is 2.31. The number of hydrogen-bond donors (Lipinski definition) is 1. The molecule has 0 saturated heterocycles. The van der Waals surface area contributed by atoms with Crippen molar-refractivity contribution in [3.8, 4) is 0 Å². The Morgan fingerprint density at radius 1 is 1.06 bits per heavy atom. The lowest BCUT2D eigenvalue weighted by Gasteiger charge is -2.29. The van der Waals surface area contributed by atoms with Crippen LogP contribution in [0.25, 0.3) is 0 Å². The summed E-state index contributed by atoms with van der Waals surface area (Å²) in [6.07, 6.45) is 4.65. The lowest BCUT2D eigenvalue weighted by molar-refractivity contribution is -0.137. The fourth-order valence-corrected chi connectivity index (χ4v) is 2.14. The maximum absolute atomic E-state index is 12.3. The number of carbonyl (C=O) groups is 2. The molecule has 5 heteroatoms. The van der Waals surface area contributed by atoms with Gasteiger partial charge in [-0.1, -0.05) is 0 Å². The number of nitrogens with zero attached hydrogens (tertiary/aromatic N) is 2. The zero-order valence-corrected chi connectivity index (χ0v) is 11.0. The zero-order chi connectivity index (χ0) is 13.1. The smallest absolute Gasteiger partial charge is 0.323 e. The van der Waals surface area contributed by atoms with E-state index in [-0.39, 0.29) is 12.6 Å². The summed E-state index contributed by atoms with van der Waals surface area (Å²) in [6, 6.07) is -0.0984. The highest BCUT2D eigenvalue weighted by atomic mass is 16.4. The lowest BCUT2D eigenvalue weighted by atomic mass is 10.3. The van der Waals surface area contributed by atoms with Crippen LogP contribution in [-0.2, 0) is 4.79 Å². The van der Waals surface area contributed by atoms with E-state index in [1.807, 2.05) is 6.92 Å². The summed E-state index contributed by atoms with van der Waals surface area (Å²) < 4.78 is 0. The van der Waals surface area contributed by atoms with Gasteiger partial charge in [0.2, 0.25) is 0 Å². The van der Waals surface area contributed by atoms with Gasteiger partial charge in [0.05, 0.1) is 0 Å². The molecule has 0 aliphatic heterocycles. The fourth-order valence-electron chi connectivity index (χ4n) is 2.14. The number of carboxylic acid groups (broad SMARTS) is 1. The van der Waals surface area contributed by atoms with E-state index in [0.717, 1.165) is 19.4 Å². The van der Waals surface area contributed by atoms with E-state index in [9.17, 15) is 9.59 Å². The second-order valence-corrected chi connectivity index (χ2v) is 5.48. The number of rotatable bonds is 7. The van der Waals surface area contributed by atoms with Gasteiger partial charge in [-0.2, -0.15) is 0 Å².